The number of hydrogen-bond acceptors (Lipinski definition) is 5. The Morgan fingerprint density at radius 1 is 1.15 bits per heavy atom. The molecule has 0 aliphatic carbocycles. The van der Waals surface area contributed by atoms with Gasteiger partial charge in [-0.05, 0) is 24.6 Å². The summed E-state index contributed by atoms with van der Waals surface area (Å²) in [7, 11) is -3.01. The van der Waals surface area contributed by atoms with E-state index in [1.54, 1.807) is 0 Å². The van der Waals surface area contributed by atoms with Crippen LogP contribution in [0.25, 0.3) is 0 Å². The second kappa shape index (κ2) is 8.08. The molecule has 1 aromatic heterocycles. The third-order valence-corrected chi connectivity index (χ3v) is 7.51. The number of halogens is 1. The summed E-state index contributed by atoms with van der Waals surface area (Å²) in [6.45, 7) is 2.63. The first kappa shape index (κ1) is 19.4. The second-order valence-electron chi connectivity index (χ2n) is 6.37. The van der Waals surface area contributed by atoms with Crippen LogP contribution in [-0.2, 0) is 14.6 Å². The van der Waals surface area contributed by atoms with Gasteiger partial charge in [0.2, 0.25) is 5.91 Å². The Bertz CT molecular complexity index is 854. The van der Waals surface area contributed by atoms with Gasteiger partial charge in [-0.25, -0.2) is 8.42 Å². The van der Waals surface area contributed by atoms with Crippen molar-refractivity contribution in [3.05, 3.63) is 57.2 Å². The van der Waals surface area contributed by atoms with E-state index in [0.717, 1.165) is 10.4 Å². The number of nitrogens with one attached hydrogen (secondary N) is 1. The number of benzene rings is 1. The molecule has 0 spiro atoms. The smallest absolute Gasteiger partial charge is 0.242 e. The van der Waals surface area contributed by atoms with Gasteiger partial charge in [0.15, 0.2) is 9.84 Å². The molecule has 1 saturated heterocycles. The second-order valence-corrected chi connectivity index (χ2v) is 10.4. The summed E-state index contributed by atoms with van der Waals surface area (Å²) in [5, 5.41) is 3.05. The fraction of sp³-hybridized carbons (Fsp3) is 0.389. The minimum Gasteiger partial charge on any atom is -0.347 e. The van der Waals surface area contributed by atoms with E-state index >= 15 is 0 Å². The molecular formula is C18H21ClN2O3S2. The molecule has 8 heteroatoms. The predicted molar refractivity (Wildman–Crippen MR) is 105 cm³/mol. The summed E-state index contributed by atoms with van der Waals surface area (Å²) in [6, 6.07) is 12.5. The van der Waals surface area contributed by atoms with Gasteiger partial charge in [-0.3, -0.25) is 9.69 Å². The van der Waals surface area contributed by atoms with Crippen molar-refractivity contribution in [2.24, 2.45) is 0 Å². The predicted octanol–water partition coefficient (Wildman–Crippen LogP) is 3.05. The Balaban J connectivity index is 1.80. The van der Waals surface area contributed by atoms with Crippen molar-refractivity contribution < 1.29 is 13.2 Å². The third kappa shape index (κ3) is 4.65. The molecule has 1 aliphatic heterocycles. The van der Waals surface area contributed by atoms with Crippen LogP contribution in [0.2, 0.25) is 4.34 Å². The fourth-order valence-electron chi connectivity index (χ4n) is 3.07. The first-order valence-electron chi connectivity index (χ1n) is 8.41. The largest absolute Gasteiger partial charge is 0.347 e. The molecule has 2 unspecified atom stereocenters. The summed E-state index contributed by atoms with van der Waals surface area (Å²) in [5.41, 5.74) is 0.862. The molecule has 2 atom stereocenters. The van der Waals surface area contributed by atoms with Crippen molar-refractivity contribution in [2.45, 2.75) is 19.0 Å². The molecule has 2 heterocycles. The van der Waals surface area contributed by atoms with Crippen LogP contribution in [0.4, 0.5) is 0 Å². The average Bonchev–Trinajstić information content (AvgIpc) is 3.04. The van der Waals surface area contributed by atoms with Crippen molar-refractivity contribution in [1.82, 2.24) is 10.2 Å². The van der Waals surface area contributed by atoms with Crippen molar-refractivity contribution >= 4 is 38.7 Å². The van der Waals surface area contributed by atoms with Crippen molar-refractivity contribution in [1.29, 1.82) is 0 Å². The van der Waals surface area contributed by atoms with Crippen LogP contribution in [0.15, 0.2) is 42.5 Å². The van der Waals surface area contributed by atoms with Gasteiger partial charge in [0, 0.05) is 18.0 Å². The minimum absolute atomic E-state index is 0.0830. The maximum absolute atomic E-state index is 13.1. The van der Waals surface area contributed by atoms with Crippen molar-refractivity contribution in [2.75, 3.05) is 24.6 Å². The number of carbonyl (C=O) groups is 1. The Morgan fingerprint density at radius 3 is 2.38 bits per heavy atom. The summed E-state index contributed by atoms with van der Waals surface area (Å²) >= 11 is 7.43. The molecule has 3 rings (SSSR count). The lowest BCUT2D eigenvalue weighted by Gasteiger charge is -2.34. The zero-order valence-electron chi connectivity index (χ0n) is 14.4. The summed E-state index contributed by atoms with van der Waals surface area (Å²) in [5.74, 6) is 0.0341. The highest BCUT2D eigenvalue weighted by Gasteiger charge is 2.33. The van der Waals surface area contributed by atoms with Crippen LogP contribution in [0.3, 0.4) is 0 Å². The average molecular weight is 413 g/mol. The maximum atomic E-state index is 13.1. The number of amides is 1. The number of nitrogens with zero attached hydrogens (tertiary/aromatic N) is 1. The molecule has 1 amide bonds. The summed E-state index contributed by atoms with van der Waals surface area (Å²) < 4.78 is 24.2. The van der Waals surface area contributed by atoms with Gasteiger partial charge < -0.3 is 5.32 Å². The van der Waals surface area contributed by atoms with Gasteiger partial charge in [-0.15, -0.1) is 11.3 Å². The van der Waals surface area contributed by atoms with Crippen LogP contribution in [0.5, 0.6) is 0 Å². The zero-order valence-corrected chi connectivity index (χ0v) is 16.8. The lowest BCUT2D eigenvalue weighted by molar-refractivity contribution is -0.127. The molecule has 0 radical (unpaired) electrons. The lowest BCUT2D eigenvalue weighted by Crippen LogP contribution is -2.47. The van der Waals surface area contributed by atoms with E-state index in [4.69, 9.17) is 11.6 Å². The zero-order chi connectivity index (χ0) is 18.7. The molecule has 1 fully saturated rings. The molecule has 1 aliphatic rings. The Morgan fingerprint density at radius 2 is 1.81 bits per heavy atom. The van der Waals surface area contributed by atoms with Gasteiger partial charge in [0.25, 0.3) is 0 Å². The van der Waals surface area contributed by atoms with Gasteiger partial charge in [0.1, 0.15) is 6.04 Å². The number of sulfone groups is 1. The van der Waals surface area contributed by atoms with E-state index in [9.17, 15) is 13.2 Å². The highest BCUT2D eigenvalue weighted by Crippen LogP contribution is 2.28. The van der Waals surface area contributed by atoms with Crippen LogP contribution in [-0.4, -0.2) is 43.8 Å². The summed E-state index contributed by atoms with van der Waals surface area (Å²) in [6.07, 6.45) is 0. The van der Waals surface area contributed by atoms with Gasteiger partial charge in [-0.2, -0.15) is 0 Å². The normalized spacial score (nSPS) is 19.6. The molecule has 1 N–H and O–H groups in total. The van der Waals surface area contributed by atoms with E-state index in [1.165, 1.54) is 11.3 Å². The highest BCUT2D eigenvalue weighted by molar-refractivity contribution is 7.91. The van der Waals surface area contributed by atoms with Crippen LogP contribution >= 0.6 is 22.9 Å². The van der Waals surface area contributed by atoms with E-state index in [2.05, 4.69) is 5.32 Å². The maximum Gasteiger partial charge on any atom is 0.242 e. The van der Waals surface area contributed by atoms with Gasteiger partial charge in [0.05, 0.1) is 21.9 Å². The molecule has 0 bridgehead atoms. The van der Waals surface area contributed by atoms with E-state index in [0.29, 0.717) is 17.4 Å². The van der Waals surface area contributed by atoms with Gasteiger partial charge in [-0.1, -0.05) is 41.9 Å². The number of thiophene rings is 1. The first-order valence-corrected chi connectivity index (χ1v) is 11.4. The Kier molecular flexibility index (Phi) is 6.02. The molecule has 26 heavy (non-hydrogen) atoms. The van der Waals surface area contributed by atoms with Crippen LogP contribution in [0, 0.1) is 0 Å². The first-order chi connectivity index (χ1) is 12.4. The number of carbonyl (C=O) groups excluding carboxylic acids is 1. The van der Waals surface area contributed by atoms with Crippen LogP contribution in [0.1, 0.15) is 29.4 Å². The fourth-order valence-corrected chi connectivity index (χ4v) is 5.37. The standard InChI is InChI=1S/C18H21ClN2O3S2/c1-13(15-7-8-16(19)25-15)20-18(22)17(14-5-3-2-4-6-14)21-9-11-26(23,24)12-10-21/h2-8,13,17H,9-12H2,1H3,(H,20,22). The molecule has 1 aromatic carbocycles. The topological polar surface area (TPSA) is 66.5 Å². The Hall–Kier alpha value is -1.41. The SMILES string of the molecule is CC(NC(=O)C(c1ccccc1)N1CCS(=O)(=O)CC1)c1ccc(Cl)s1. The van der Waals surface area contributed by atoms with Gasteiger partial charge >= 0.3 is 0 Å². The monoisotopic (exact) mass is 412 g/mol. The van der Waals surface area contributed by atoms with E-state index < -0.39 is 15.9 Å². The van der Waals surface area contributed by atoms with Crippen molar-refractivity contribution in [3.63, 3.8) is 0 Å². The highest BCUT2D eigenvalue weighted by atomic mass is 35.5. The molecule has 0 saturated carbocycles. The summed E-state index contributed by atoms with van der Waals surface area (Å²) in [4.78, 5) is 16.0. The molecule has 140 valence electrons. The van der Waals surface area contributed by atoms with Crippen molar-refractivity contribution in [3.8, 4) is 0 Å². The number of rotatable bonds is 5. The quantitative estimate of drug-likeness (QED) is 0.819. The van der Waals surface area contributed by atoms with Crippen LogP contribution < -0.4 is 5.32 Å². The Labute approximate surface area is 162 Å². The van der Waals surface area contributed by atoms with E-state index in [1.807, 2.05) is 54.3 Å². The molecule has 5 nitrogen and oxygen atoms in total. The molecular weight excluding hydrogens is 392 g/mol. The molecule has 2 aromatic rings. The lowest BCUT2D eigenvalue weighted by atomic mass is 10.0. The number of hydrogen-bond donors (Lipinski definition) is 1. The minimum atomic E-state index is -3.01. The van der Waals surface area contributed by atoms with E-state index in [-0.39, 0.29) is 23.5 Å². The third-order valence-electron chi connectivity index (χ3n) is 4.49.